The molecule has 1 aromatic heterocycles. The Balaban J connectivity index is 1.46. The fraction of sp³-hybridized carbons (Fsp3) is 0.304. The Bertz CT molecular complexity index is 1090. The van der Waals surface area contributed by atoms with Crippen LogP contribution in [0.4, 0.5) is 10.1 Å². The molecule has 1 heterocycles. The number of hydrogen-bond acceptors (Lipinski definition) is 6. The van der Waals surface area contributed by atoms with Crippen molar-refractivity contribution in [1.29, 1.82) is 0 Å². The quantitative estimate of drug-likeness (QED) is 0.440. The van der Waals surface area contributed by atoms with Gasteiger partial charge in [0.15, 0.2) is 17.1 Å². The molecule has 0 aliphatic rings. The standard InChI is InChI=1S/C23H26FN5O3S/c1-4-16-5-11-19(12-6-16)32-15(2)22(31)25-13-20-27-28-23(29(20)3)33-14-21(30)26-18-9-7-17(24)8-10-18/h5-12,15H,4,13-14H2,1-3H3,(H,25,31)(H,26,30)/t15-/m1/s1. The molecule has 0 spiro atoms. The number of ether oxygens (including phenoxy) is 1. The predicted octanol–water partition coefficient (Wildman–Crippen LogP) is 3.33. The van der Waals surface area contributed by atoms with Gasteiger partial charge >= 0.3 is 0 Å². The molecule has 33 heavy (non-hydrogen) atoms. The summed E-state index contributed by atoms with van der Waals surface area (Å²) >= 11 is 1.21. The minimum Gasteiger partial charge on any atom is -0.481 e. The lowest BCUT2D eigenvalue weighted by atomic mass is 10.2. The van der Waals surface area contributed by atoms with Gasteiger partial charge in [0.1, 0.15) is 11.6 Å². The number of aryl methyl sites for hydroxylation is 1. The molecule has 2 N–H and O–H groups in total. The Kier molecular flexibility index (Phi) is 8.42. The molecule has 8 nitrogen and oxygen atoms in total. The summed E-state index contributed by atoms with van der Waals surface area (Å²) in [6.45, 7) is 3.93. The summed E-state index contributed by atoms with van der Waals surface area (Å²) in [6, 6.07) is 13.2. The van der Waals surface area contributed by atoms with E-state index in [1.54, 1.807) is 18.5 Å². The maximum atomic E-state index is 13.0. The summed E-state index contributed by atoms with van der Waals surface area (Å²) in [5.41, 5.74) is 1.71. The normalized spacial score (nSPS) is 11.6. The van der Waals surface area contributed by atoms with Crippen LogP contribution in [0.1, 0.15) is 25.2 Å². The third-order valence-corrected chi connectivity index (χ3v) is 5.84. The minimum atomic E-state index is -0.672. The van der Waals surface area contributed by atoms with E-state index in [0.717, 1.165) is 6.42 Å². The molecule has 0 saturated carbocycles. The largest absolute Gasteiger partial charge is 0.481 e. The van der Waals surface area contributed by atoms with E-state index in [1.807, 2.05) is 24.3 Å². The molecule has 0 unspecified atom stereocenters. The van der Waals surface area contributed by atoms with E-state index in [-0.39, 0.29) is 29.9 Å². The number of rotatable bonds is 10. The molecule has 0 bridgehead atoms. The molecule has 0 aliphatic carbocycles. The van der Waals surface area contributed by atoms with Crippen LogP contribution in [0.3, 0.4) is 0 Å². The molecular weight excluding hydrogens is 445 g/mol. The third-order valence-electron chi connectivity index (χ3n) is 4.82. The molecular formula is C23H26FN5O3S. The Labute approximate surface area is 195 Å². The molecule has 0 fully saturated rings. The van der Waals surface area contributed by atoms with Crippen LogP contribution >= 0.6 is 11.8 Å². The number of nitrogens with zero attached hydrogens (tertiary/aromatic N) is 3. The number of aromatic nitrogens is 3. The third kappa shape index (κ3) is 7.04. The van der Waals surface area contributed by atoms with Crippen LogP contribution in [0.15, 0.2) is 53.7 Å². The predicted molar refractivity (Wildman–Crippen MR) is 125 cm³/mol. The van der Waals surface area contributed by atoms with Crippen LogP contribution in [0.25, 0.3) is 0 Å². The van der Waals surface area contributed by atoms with Crippen molar-refractivity contribution in [1.82, 2.24) is 20.1 Å². The topological polar surface area (TPSA) is 98.1 Å². The van der Waals surface area contributed by atoms with Gasteiger partial charge in [0.2, 0.25) is 5.91 Å². The summed E-state index contributed by atoms with van der Waals surface area (Å²) < 4.78 is 20.4. The van der Waals surface area contributed by atoms with E-state index in [4.69, 9.17) is 4.74 Å². The lowest BCUT2D eigenvalue weighted by molar-refractivity contribution is -0.127. The highest BCUT2D eigenvalue weighted by molar-refractivity contribution is 7.99. The molecule has 0 radical (unpaired) electrons. The lowest BCUT2D eigenvalue weighted by Gasteiger charge is -2.15. The zero-order valence-electron chi connectivity index (χ0n) is 18.7. The van der Waals surface area contributed by atoms with Crippen LogP contribution in [0.2, 0.25) is 0 Å². The maximum Gasteiger partial charge on any atom is 0.261 e. The Morgan fingerprint density at radius 3 is 2.48 bits per heavy atom. The summed E-state index contributed by atoms with van der Waals surface area (Å²) in [5.74, 6) is 0.396. The van der Waals surface area contributed by atoms with Crippen molar-refractivity contribution in [2.24, 2.45) is 7.05 Å². The van der Waals surface area contributed by atoms with Crippen LogP contribution < -0.4 is 15.4 Å². The van der Waals surface area contributed by atoms with E-state index in [0.29, 0.717) is 22.4 Å². The average molecular weight is 472 g/mol. The number of thioether (sulfide) groups is 1. The SMILES string of the molecule is CCc1ccc(O[C@H](C)C(=O)NCc2nnc(SCC(=O)Nc3ccc(F)cc3)n2C)cc1. The summed E-state index contributed by atoms with van der Waals surface area (Å²) in [7, 11) is 1.76. The number of carbonyl (C=O) groups excluding carboxylic acids is 2. The van der Waals surface area contributed by atoms with Gasteiger partial charge in [-0.15, -0.1) is 10.2 Å². The van der Waals surface area contributed by atoms with Crippen molar-refractivity contribution in [3.8, 4) is 5.75 Å². The summed E-state index contributed by atoms with van der Waals surface area (Å²) in [6.07, 6.45) is 0.266. The molecule has 10 heteroatoms. The van der Waals surface area contributed by atoms with Crippen LogP contribution in [-0.2, 0) is 29.6 Å². The molecule has 174 valence electrons. The van der Waals surface area contributed by atoms with Gasteiger partial charge in [0.05, 0.1) is 12.3 Å². The van der Waals surface area contributed by atoms with Gasteiger partial charge in [-0.3, -0.25) is 9.59 Å². The van der Waals surface area contributed by atoms with Crippen molar-refractivity contribution in [2.45, 2.75) is 38.1 Å². The Hall–Kier alpha value is -3.40. The molecule has 3 aromatic rings. The van der Waals surface area contributed by atoms with E-state index in [2.05, 4.69) is 27.8 Å². The van der Waals surface area contributed by atoms with E-state index in [1.165, 1.54) is 41.6 Å². The number of amides is 2. The van der Waals surface area contributed by atoms with Gasteiger partial charge in [-0.25, -0.2) is 4.39 Å². The van der Waals surface area contributed by atoms with Gasteiger partial charge in [0, 0.05) is 12.7 Å². The lowest BCUT2D eigenvalue weighted by Crippen LogP contribution is -2.36. The minimum absolute atomic E-state index is 0.109. The summed E-state index contributed by atoms with van der Waals surface area (Å²) in [5, 5.41) is 14.2. The first-order valence-corrected chi connectivity index (χ1v) is 11.4. The highest BCUT2D eigenvalue weighted by Gasteiger charge is 2.17. The van der Waals surface area contributed by atoms with Gasteiger partial charge in [-0.1, -0.05) is 30.8 Å². The van der Waals surface area contributed by atoms with Crippen molar-refractivity contribution >= 4 is 29.3 Å². The monoisotopic (exact) mass is 471 g/mol. The zero-order valence-corrected chi connectivity index (χ0v) is 19.5. The van der Waals surface area contributed by atoms with Gasteiger partial charge in [-0.05, 0) is 55.3 Å². The number of anilines is 1. The Morgan fingerprint density at radius 1 is 1.12 bits per heavy atom. The second-order valence-electron chi connectivity index (χ2n) is 7.28. The van der Waals surface area contributed by atoms with Gasteiger partial charge in [-0.2, -0.15) is 0 Å². The van der Waals surface area contributed by atoms with Crippen LogP contribution in [0, 0.1) is 5.82 Å². The average Bonchev–Trinajstić information content (AvgIpc) is 3.17. The second-order valence-corrected chi connectivity index (χ2v) is 8.22. The van der Waals surface area contributed by atoms with E-state index >= 15 is 0 Å². The molecule has 2 aromatic carbocycles. The summed E-state index contributed by atoms with van der Waals surface area (Å²) in [4.78, 5) is 24.5. The molecule has 1 atom stereocenters. The van der Waals surface area contributed by atoms with Gasteiger partial charge < -0.3 is 19.9 Å². The van der Waals surface area contributed by atoms with Crippen LogP contribution in [0.5, 0.6) is 5.75 Å². The van der Waals surface area contributed by atoms with Crippen molar-refractivity contribution in [2.75, 3.05) is 11.1 Å². The highest BCUT2D eigenvalue weighted by atomic mass is 32.2. The van der Waals surface area contributed by atoms with Crippen LogP contribution in [-0.4, -0.2) is 38.4 Å². The second kappa shape index (κ2) is 11.5. The number of nitrogens with one attached hydrogen (secondary N) is 2. The fourth-order valence-corrected chi connectivity index (χ4v) is 3.59. The van der Waals surface area contributed by atoms with Crippen molar-refractivity contribution in [3.05, 3.63) is 65.7 Å². The first-order chi connectivity index (χ1) is 15.9. The number of halogens is 1. The molecule has 0 saturated heterocycles. The smallest absolute Gasteiger partial charge is 0.261 e. The highest BCUT2D eigenvalue weighted by Crippen LogP contribution is 2.17. The number of carbonyl (C=O) groups is 2. The molecule has 3 rings (SSSR count). The first-order valence-electron chi connectivity index (χ1n) is 10.5. The van der Waals surface area contributed by atoms with E-state index < -0.39 is 6.10 Å². The van der Waals surface area contributed by atoms with E-state index in [9.17, 15) is 14.0 Å². The zero-order chi connectivity index (χ0) is 23.8. The van der Waals surface area contributed by atoms with Gasteiger partial charge in [0.25, 0.3) is 5.91 Å². The fourth-order valence-electron chi connectivity index (χ4n) is 2.86. The number of hydrogen-bond donors (Lipinski definition) is 2. The van der Waals surface area contributed by atoms with Crippen molar-refractivity contribution in [3.63, 3.8) is 0 Å². The van der Waals surface area contributed by atoms with Crippen molar-refractivity contribution < 1.29 is 18.7 Å². The Morgan fingerprint density at radius 2 is 1.82 bits per heavy atom. The molecule has 2 amide bonds. The number of benzene rings is 2. The maximum absolute atomic E-state index is 13.0. The molecule has 0 aliphatic heterocycles. The first kappa shape index (κ1) is 24.2.